The van der Waals surface area contributed by atoms with E-state index in [-0.39, 0.29) is 6.09 Å². The van der Waals surface area contributed by atoms with Gasteiger partial charge in [0, 0.05) is 38.1 Å². The van der Waals surface area contributed by atoms with Crippen LogP contribution in [0.1, 0.15) is 38.8 Å². The monoisotopic (exact) mass is 338 g/mol. The van der Waals surface area contributed by atoms with Gasteiger partial charge in [-0.15, -0.1) is 11.6 Å². The van der Waals surface area contributed by atoms with Crippen molar-refractivity contribution < 1.29 is 9.53 Å². The van der Waals surface area contributed by atoms with Gasteiger partial charge < -0.3 is 9.64 Å². The van der Waals surface area contributed by atoms with Crippen molar-refractivity contribution in [3.05, 3.63) is 35.4 Å². The number of rotatable bonds is 3. The number of alkyl halides is 1. The lowest BCUT2D eigenvalue weighted by atomic mass is 10.1. The molecule has 1 atom stereocenters. The zero-order valence-corrected chi connectivity index (χ0v) is 15.3. The second kappa shape index (κ2) is 7.54. The average Bonchev–Trinajstić information content (AvgIpc) is 2.48. The number of carbonyl (C=O) groups is 1. The Bertz CT molecular complexity index is 525. The standard InChI is InChI=1S/C18H27ClN2O2/c1-14-12-21(17(22)23-18(2,3)4)10-9-20(14)13-16-7-5-15(11-19)6-8-16/h5-8,14H,9-13H2,1-4H3/t14-/m0/s1. The highest BCUT2D eigenvalue weighted by molar-refractivity contribution is 6.17. The van der Waals surface area contributed by atoms with Crippen LogP contribution in [0.2, 0.25) is 0 Å². The van der Waals surface area contributed by atoms with E-state index in [1.165, 1.54) is 5.56 Å². The van der Waals surface area contributed by atoms with Crippen LogP contribution in [-0.4, -0.2) is 47.2 Å². The van der Waals surface area contributed by atoms with E-state index in [0.29, 0.717) is 25.0 Å². The molecular formula is C18H27ClN2O2. The molecule has 0 radical (unpaired) electrons. The van der Waals surface area contributed by atoms with E-state index in [9.17, 15) is 4.79 Å². The van der Waals surface area contributed by atoms with E-state index in [2.05, 4.69) is 36.1 Å². The first-order chi connectivity index (χ1) is 10.8. The molecule has 1 heterocycles. The van der Waals surface area contributed by atoms with Gasteiger partial charge in [-0.25, -0.2) is 4.79 Å². The number of hydrogen-bond donors (Lipinski definition) is 0. The Balaban J connectivity index is 1.89. The molecule has 0 aliphatic carbocycles. The van der Waals surface area contributed by atoms with E-state index >= 15 is 0 Å². The molecule has 0 aromatic heterocycles. The van der Waals surface area contributed by atoms with Gasteiger partial charge in [0.25, 0.3) is 0 Å². The Kier molecular flexibility index (Phi) is 5.93. The van der Waals surface area contributed by atoms with Crippen molar-refractivity contribution in [2.45, 2.75) is 51.8 Å². The largest absolute Gasteiger partial charge is 0.444 e. The normalized spacial score (nSPS) is 19.7. The van der Waals surface area contributed by atoms with Gasteiger partial charge in [0.2, 0.25) is 0 Å². The van der Waals surface area contributed by atoms with Crippen molar-refractivity contribution in [2.24, 2.45) is 0 Å². The fourth-order valence-electron chi connectivity index (χ4n) is 2.69. The summed E-state index contributed by atoms with van der Waals surface area (Å²) in [5.41, 5.74) is 1.97. The molecule has 0 unspecified atom stereocenters. The predicted octanol–water partition coefficient (Wildman–Crippen LogP) is 3.87. The van der Waals surface area contributed by atoms with Crippen LogP contribution in [0.15, 0.2) is 24.3 Å². The summed E-state index contributed by atoms with van der Waals surface area (Å²) in [6, 6.07) is 8.72. The summed E-state index contributed by atoms with van der Waals surface area (Å²) < 4.78 is 5.46. The highest BCUT2D eigenvalue weighted by atomic mass is 35.5. The summed E-state index contributed by atoms with van der Waals surface area (Å²) in [6.45, 7) is 11.0. The number of benzene rings is 1. The van der Waals surface area contributed by atoms with E-state index in [1.807, 2.05) is 25.7 Å². The fraction of sp³-hybridized carbons (Fsp3) is 0.611. The first-order valence-corrected chi connectivity index (χ1v) is 8.67. The topological polar surface area (TPSA) is 32.8 Å². The van der Waals surface area contributed by atoms with Crippen molar-refractivity contribution in [2.75, 3.05) is 19.6 Å². The van der Waals surface area contributed by atoms with E-state index < -0.39 is 5.60 Å². The molecular weight excluding hydrogens is 312 g/mol. The van der Waals surface area contributed by atoms with Gasteiger partial charge >= 0.3 is 6.09 Å². The Hall–Kier alpha value is -1.26. The van der Waals surface area contributed by atoms with Gasteiger partial charge in [-0.1, -0.05) is 24.3 Å². The Morgan fingerprint density at radius 2 is 1.83 bits per heavy atom. The molecule has 5 heteroatoms. The molecule has 1 aromatic rings. The molecule has 23 heavy (non-hydrogen) atoms. The molecule has 1 saturated heterocycles. The molecule has 1 aliphatic heterocycles. The number of carbonyl (C=O) groups excluding carboxylic acids is 1. The molecule has 128 valence electrons. The zero-order valence-electron chi connectivity index (χ0n) is 14.5. The third kappa shape index (κ3) is 5.40. The van der Waals surface area contributed by atoms with Crippen molar-refractivity contribution in [3.8, 4) is 0 Å². The lowest BCUT2D eigenvalue weighted by Crippen LogP contribution is -2.54. The van der Waals surface area contributed by atoms with Gasteiger partial charge in [0.15, 0.2) is 0 Å². The third-order valence-electron chi connectivity index (χ3n) is 3.98. The van der Waals surface area contributed by atoms with Gasteiger partial charge in [0.05, 0.1) is 0 Å². The van der Waals surface area contributed by atoms with Crippen LogP contribution in [0.3, 0.4) is 0 Å². The van der Waals surface area contributed by atoms with Gasteiger partial charge in [0.1, 0.15) is 5.60 Å². The van der Waals surface area contributed by atoms with Crippen LogP contribution in [0.25, 0.3) is 0 Å². The summed E-state index contributed by atoms with van der Waals surface area (Å²) in [6.07, 6.45) is -0.213. The number of nitrogens with zero attached hydrogens (tertiary/aromatic N) is 2. The van der Waals surface area contributed by atoms with Crippen LogP contribution < -0.4 is 0 Å². The Morgan fingerprint density at radius 3 is 2.35 bits per heavy atom. The maximum absolute atomic E-state index is 12.2. The minimum atomic E-state index is -0.443. The van der Waals surface area contributed by atoms with Crippen LogP contribution in [-0.2, 0) is 17.2 Å². The smallest absolute Gasteiger partial charge is 0.410 e. The SMILES string of the molecule is C[C@H]1CN(C(=O)OC(C)(C)C)CCN1Cc1ccc(CCl)cc1. The van der Waals surface area contributed by atoms with E-state index in [0.717, 1.165) is 18.7 Å². The second-order valence-corrected chi connectivity index (χ2v) is 7.46. The van der Waals surface area contributed by atoms with Gasteiger partial charge in [-0.05, 0) is 38.8 Å². The van der Waals surface area contributed by atoms with Crippen LogP contribution in [0, 0.1) is 0 Å². The summed E-state index contributed by atoms with van der Waals surface area (Å²) in [4.78, 5) is 16.4. The molecule has 1 aliphatic rings. The maximum atomic E-state index is 12.2. The summed E-state index contributed by atoms with van der Waals surface area (Å²) in [5, 5.41) is 0. The van der Waals surface area contributed by atoms with Gasteiger partial charge in [-0.3, -0.25) is 4.90 Å². The first-order valence-electron chi connectivity index (χ1n) is 8.14. The molecule has 0 bridgehead atoms. The van der Waals surface area contributed by atoms with Crippen LogP contribution in [0.4, 0.5) is 4.79 Å². The number of piperazine rings is 1. The Morgan fingerprint density at radius 1 is 1.22 bits per heavy atom. The van der Waals surface area contributed by atoms with E-state index in [1.54, 1.807) is 0 Å². The lowest BCUT2D eigenvalue weighted by Gasteiger charge is -2.40. The number of amides is 1. The summed E-state index contributed by atoms with van der Waals surface area (Å²) >= 11 is 5.83. The van der Waals surface area contributed by atoms with Crippen molar-refractivity contribution >= 4 is 17.7 Å². The van der Waals surface area contributed by atoms with Crippen LogP contribution in [0.5, 0.6) is 0 Å². The second-order valence-electron chi connectivity index (χ2n) is 7.20. The summed E-state index contributed by atoms with van der Waals surface area (Å²) in [5.74, 6) is 0.547. The highest BCUT2D eigenvalue weighted by Crippen LogP contribution is 2.17. The number of ether oxygens (including phenoxy) is 1. The molecule has 0 saturated carbocycles. The fourth-order valence-corrected chi connectivity index (χ4v) is 2.87. The lowest BCUT2D eigenvalue weighted by molar-refractivity contribution is 0.00461. The molecule has 1 amide bonds. The first kappa shape index (κ1) is 18.1. The molecule has 1 fully saturated rings. The molecule has 1 aromatic carbocycles. The predicted molar refractivity (Wildman–Crippen MR) is 93.7 cm³/mol. The van der Waals surface area contributed by atoms with Crippen molar-refractivity contribution in [1.29, 1.82) is 0 Å². The minimum Gasteiger partial charge on any atom is -0.444 e. The molecule has 0 spiro atoms. The van der Waals surface area contributed by atoms with Crippen molar-refractivity contribution in [1.82, 2.24) is 9.80 Å². The third-order valence-corrected chi connectivity index (χ3v) is 4.29. The number of halogens is 1. The minimum absolute atomic E-state index is 0.213. The van der Waals surface area contributed by atoms with Gasteiger partial charge in [-0.2, -0.15) is 0 Å². The van der Waals surface area contributed by atoms with E-state index in [4.69, 9.17) is 16.3 Å². The number of hydrogen-bond acceptors (Lipinski definition) is 3. The maximum Gasteiger partial charge on any atom is 0.410 e. The molecule has 2 rings (SSSR count). The quantitative estimate of drug-likeness (QED) is 0.784. The Labute approximate surface area is 144 Å². The molecule has 0 N–H and O–H groups in total. The van der Waals surface area contributed by atoms with Crippen molar-refractivity contribution in [3.63, 3.8) is 0 Å². The van der Waals surface area contributed by atoms with Crippen LogP contribution >= 0.6 is 11.6 Å². The zero-order chi connectivity index (χ0) is 17.0. The average molecular weight is 339 g/mol. The summed E-state index contributed by atoms with van der Waals surface area (Å²) in [7, 11) is 0. The molecule has 4 nitrogen and oxygen atoms in total. The highest BCUT2D eigenvalue weighted by Gasteiger charge is 2.29.